The predicted octanol–water partition coefficient (Wildman–Crippen LogP) is 0.226. The van der Waals surface area contributed by atoms with Gasteiger partial charge >= 0.3 is 6.09 Å². The summed E-state index contributed by atoms with van der Waals surface area (Å²) in [4.78, 5) is 10.8. The molecule has 1 amide bonds. The summed E-state index contributed by atoms with van der Waals surface area (Å²) in [5.41, 5.74) is 0. The highest BCUT2D eigenvalue weighted by Gasteiger charge is 1.98. The van der Waals surface area contributed by atoms with Gasteiger partial charge in [-0.3, -0.25) is 0 Å². The number of ether oxygens (including phenoxy) is 4. The molecule has 0 bridgehead atoms. The summed E-state index contributed by atoms with van der Waals surface area (Å²) in [6.07, 6.45) is -0.477. The van der Waals surface area contributed by atoms with Gasteiger partial charge in [0.15, 0.2) is 0 Å². The highest BCUT2D eigenvalue weighted by atomic mass is 16.6. The summed E-state index contributed by atoms with van der Waals surface area (Å²) < 4.78 is 19.9. The van der Waals surface area contributed by atoms with Crippen molar-refractivity contribution in [1.29, 1.82) is 0 Å². The van der Waals surface area contributed by atoms with Gasteiger partial charge in [0.05, 0.1) is 33.0 Å². The van der Waals surface area contributed by atoms with Crippen molar-refractivity contribution in [3.8, 4) is 0 Å². The Bertz CT molecular complexity index is 165. The molecule has 1 radical (unpaired) electrons. The number of methoxy groups -OCH3 is 1. The standard InChI is InChI=1S/C10H20NO5/c1-3-11-10(12)16-9-8-15-7-6-14-5-4-13-2/h1,3-9H2,2H3,(H,11,12). The minimum absolute atomic E-state index is 0.226. The van der Waals surface area contributed by atoms with E-state index in [-0.39, 0.29) is 6.61 Å². The van der Waals surface area contributed by atoms with Crippen LogP contribution in [0.25, 0.3) is 0 Å². The molecule has 0 aliphatic carbocycles. The maximum absolute atomic E-state index is 10.8. The molecule has 6 heteroatoms. The first kappa shape index (κ1) is 15.2. The Morgan fingerprint density at radius 3 is 2.19 bits per heavy atom. The molecule has 0 aliphatic heterocycles. The molecule has 95 valence electrons. The van der Waals surface area contributed by atoms with Crippen molar-refractivity contribution in [2.45, 2.75) is 0 Å². The van der Waals surface area contributed by atoms with Gasteiger partial charge in [0, 0.05) is 13.7 Å². The SMILES string of the molecule is [CH2]CNC(=O)OCCOCCOCCOC. The van der Waals surface area contributed by atoms with Crippen LogP contribution in [0.3, 0.4) is 0 Å². The largest absolute Gasteiger partial charge is 0.447 e. The van der Waals surface area contributed by atoms with Crippen LogP contribution in [0.15, 0.2) is 0 Å². The second-order valence-corrected chi connectivity index (χ2v) is 2.78. The summed E-state index contributed by atoms with van der Waals surface area (Å²) >= 11 is 0. The van der Waals surface area contributed by atoms with E-state index in [1.54, 1.807) is 7.11 Å². The van der Waals surface area contributed by atoms with Gasteiger partial charge in [0.25, 0.3) is 0 Å². The van der Waals surface area contributed by atoms with Crippen LogP contribution in [-0.2, 0) is 18.9 Å². The molecule has 0 aromatic carbocycles. The summed E-state index contributed by atoms with van der Waals surface area (Å²) in [7, 11) is 1.62. The van der Waals surface area contributed by atoms with Crippen molar-refractivity contribution >= 4 is 6.09 Å². The summed E-state index contributed by atoms with van der Waals surface area (Å²) in [5.74, 6) is 0. The second-order valence-electron chi connectivity index (χ2n) is 2.78. The minimum atomic E-state index is -0.477. The van der Waals surface area contributed by atoms with Gasteiger partial charge in [0.1, 0.15) is 6.61 Å². The van der Waals surface area contributed by atoms with Gasteiger partial charge in [0.2, 0.25) is 0 Å². The molecule has 0 unspecified atom stereocenters. The average Bonchev–Trinajstić information content (AvgIpc) is 2.27. The van der Waals surface area contributed by atoms with E-state index in [1.165, 1.54) is 0 Å². The first-order chi connectivity index (χ1) is 7.81. The van der Waals surface area contributed by atoms with Gasteiger partial charge < -0.3 is 24.3 Å². The van der Waals surface area contributed by atoms with Crippen molar-refractivity contribution in [2.75, 3.05) is 53.3 Å². The molecular weight excluding hydrogens is 214 g/mol. The molecule has 0 aromatic heterocycles. The highest BCUT2D eigenvalue weighted by molar-refractivity contribution is 5.67. The molecule has 1 N–H and O–H groups in total. The zero-order valence-electron chi connectivity index (χ0n) is 9.70. The number of amides is 1. The molecule has 0 atom stereocenters. The highest BCUT2D eigenvalue weighted by Crippen LogP contribution is 1.82. The third-order valence-corrected chi connectivity index (χ3v) is 1.53. The number of hydrogen-bond donors (Lipinski definition) is 1. The average molecular weight is 234 g/mol. The lowest BCUT2D eigenvalue weighted by Crippen LogP contribution is -2.25. The maximum atomic E-state index is 10.8. The Kier molecular flexibility index (Phi) is 11.6. The van der Waals surface area contributed by atoms with Crippen molar-refractivity contribution < 1.29 is 23.7 Å². The molecule has 0 spiro atoms. The molecule has 0 aliphatic rings. The van der Waals surface area contributed by atoms with Gasteiger partial charge in [-0.15, -0.1) is 0 Å². The number of carbonyl (C=O) groups excluding carboxylic acids is 1. The van der Waals surface area contributed by atoms with E-state index in [9.17, 15) is 4.79 Å². The first-order valence-electron chi connectivity index (χ1n) is 5.15. The predicted molar refractivity (Wildman–Crippen MR) is 58.2 cm³/mol. The van der Waals surface area contributed by atoms with Crippen LogP contribution in [0.2, 0.25) is 0 Å². The Morgan fingerprint density at radius 2 is 1.62 bits per heavy atom. The maximum Gasteiger partial charge on any atom is 0.407 e. The number of nitrogens with one attached hydrogen (secondary N) is 1. The third-order valence-electron chi connectivity index (χ3n) is 1.53. The fourth-order valence-corrected chi connectivity index (χ4v) is 0.811. The smallest absolute Gasteiger partial charge is 0.407 e. The second kappa shape index (κ2) is 12.2. The lowest BCUT2D eigenvalue weighted by atomic mass is 10.7. The lowest BCUT2D eigenvalue weighted by molar-refractivity contribution is 0.0131. The van der Waals surface area contributed by atoms with Gasteiger partial charge in [-0.1, -0.05) is 0 Å². The van der Waals surface area contributed by atoms with Crippen molar-refractivity contribution in [2.24, 2.45) is 0 Å². The van der Waals surface area contributed by atoms with Gasteiger partial charge in [-0.2, -0.15) is 0 Å². The van der Waals surface area contributed by atoms with Crippen molar-refractivity contribution in [1.82, 2.24) is 5.32 Å². The molecule has 0 rings (SSSR count). The molecular formula is C10H20NO5. The van der Waals surface area contributed by atoms with Gasteiger partial charge in [-0.25, -0.2) is 4.79 Å². The Balaban J connectivity index is 3.01. The fourth-order valence-electron chi connectivity index (χ4n) is 0.811. The zero-order chi connectivity index (χ0) is 12.1. The van der Waals surface area contributed by atoms with Crippen molar-refractivity contribution in [3.05, 3.63) is 6.92 Å². The molecule has 0 heterocycles. The van der Waals surface area contributed by atoms with Crippen LogP contribution in [0, 0.1) is 6.92 Å². The van der Waals surface area contributed by atoms with E-state index in [2.05, 4.69) is 12.2 Å². The number of hydrogen-bond acceptors (Lipinski definition) is 5. The molecule has 0 saturated carbocycles. The van der Waals surface area contributed by atoms with Crippen LogP contribution >= 0.6 is 0 Å². The van der Waals surface area contributed by atoms with E-state index in [1.807, 2.05) is 0 Å². The fraction of sp³-hybridized carbons (Fsp3) is 0.800. The number of carbonyl (C=O) groups is 1. The van der Waals surface area contributed by atoms with Crippen LogP contribution in [0.1, 0.15) is 0 Å². The Labute approximate surface area is 96.2 Å². The van der Waals surface area contributed by atoms with Crippen LogP contribution in [-0.4, -0.2) is 59.4 Å². The van der Waals surface area contributed by atoms with Crippen LogP contribution in [0.4, 0.5) is 4.79 Å². The monoisotopic (exact) mass is 234 g/mol. The lowest BCUT2D eigenvalue weighted by Gasteiger charge is -2.06. The van der Waals surface area contributed by atoms with E-state index in [0.717, 1.165) is 0 Å². The quantitative estimate of drug-likeness (QED) is 0.548. The van der Waals surface area contributed by atoms with Gasteiger partial charge in [-0.05, 0) is 6.92 Å². The zero-order valence-corrected chi connectivity index (χ0v) is 9.70. The molecule has 0 saturated heterocycles. The normalized spacial score (nSPS) is 10.1. The molecule has 16 heavy (non-hydrogen) atoms. The molecule has 6 nitrogen and oxygen atoms in total. The third kappa shape index (κ3) is 11.2. The van der Waals surface area contributed by atoms with E-state index >= 15 is 0 Å². The van der Waals surface area contributed by atoms with Crippen molar-refractivity contribution in [3.63, 3.8) is 0 Å². The van der Waals surface area contributed by atoms with Crippen LogP contribution in [0.5, 0.6) is 0 Å². The Hall–Kier alpha value is -0.850. The topological polar surface area (TPSA) is 66.0 Å². The van der Waals surface area contributed by atoms with E-state index < -0.39 is 6.09 Å². The minimum Gasteiger partial charge on any atom is -0.447 e. The first-order valence-corrected chi connectivity index (χ1v) is 5.15. The van der Waals surface area contributed by atoms with E-state index in [4.69, 9.17) is 18.9 Å². The summed E-state index contributed by atoms with van der Waals surface area (Å²) in [6, 6.07) is 0. The molecule has 0 aromatic rings. The number of rotatable bonds is 10. The summed E-state index contributed by atoms with van der Waals surface area (Å²) in [5, 5.41) is 2.40. The van der Waals surface area contributed by atoms with E-state index in [0.29, 0.717) is 39.6 Å². The molecule has 0 fully saturated rings. The Morgan fingerprint density at radius 1 is 1.06 bits per heavy atom. The summed E-state index contributed by atoms with van der Waals surface area (Å²) in [6.45, 7) is 6.47. The van der Waals surface area contributed by atoms with Crippen LogP contribution < -0.4 is 5.32 Å². The number of alkyl carbamates (subject to hydrolysis) is 1.